The lowest BCUT2D eigenvalue weighted by atomic mass is 9.84. The van der Waals surface area contributed by atoms with E-state index in [4.69, 9.17) is 4.74 Å². The first-order valence-electron chi connectivity index (χ1n) is 14.2. The molecule has 6 heteroatoms. The van der Waals surface area contributed by atoms with E-state index in [9.17, 15) is 9.59 Å². The first kappa shape index (κ1) is 25.6. The van der Waals surface area contributed by atoms with Gasteiger partial charge in [0.25, 0.3) is 0 Å². The molecule has 3 aromatic rings. The molecule has 6 rings (SSSR count). The second kappa shape index (κ2) is 10.9. The van der Waals surface area contributed by atoms with Gasteiger partial charge in [0.15, 0.2) is 0 Å². The number of rotatable bonds is 7. The second-order valence-electron chi connectivity index (χ2n) is 11.3. The van der Waals surface area contributed by atoms with E-state index in [-0.39, 0.29) is 30.1 Å². The number of ether oxygens (including phenoxy) is 1. The monoisotopic (exact) mass is 523 g/mol. The van der Waals surface area contributed by atoms with Crippen LogP contribution in [-0.4, -0.2) is 36.6 Å². The third-order valence-electron chi connectivity index (χ3n) is 8.95. The van der Waals surface area contributed by atoms with Crippen molar-refractivity contribution in [2.45, 2.75) is 63.2 Å². The molecule has 3 aliphatic rings. The summed E-state index contributed by atoms with van der Waals surface area (Å²) >= 11 is 0. The molecule has 3 atom stereocenters. The molecule has 0 saturated heterocycles. The van der Waals surface area contributed by atoms with E-state index in [1.54, 1.807) is 0 Å². The Morgan fingerprint density at radius 2 is 1.69 bits per heavy atom. The van der Waals surface area contributed by atoms with Crippen molar-refractivity contribution in [3.63, 3.8) is 0 Å². The summed E-state index contributed by atoms with van der Waals surface area (Å²) < 4.78 is 4.92. The lowest BCUT2D eigenvalue weighted by Gasteiger charge is -2.31. The van der Waals surface area contributed by atoms with Crippen LogP contribution in [0, 0.1) is 5.92 Å². The van der Waals surface area contributed by atoms with Crippen LogP contribution in [0.2, 0.25) is 0 Å². The van der Waals surface area contributed by atoms with E-state index in [1.807, 2.05) is 31.2 Å². The van der Waals surface area contributed by atoms with E-state index >= 15 is 0 Å². The largest absolute Gasteiger partial charge is 0.465 e. The predicted molar refractivity (Wildman–Crippen MR) is 154 cm³/mol. The van der Waals surface area contributed by atoms with Gasteiger partial charge < -0.3 is 15.4 Å². The van der Waals surface area contributed by atoms with Crippen LogP contribution < -0.4 is 10.6 Å². The number of methoxy groups -OCH3 is 1. The van der Waals surface area contributed by atoms with Gasteiger partial charge in [-0.25, -0.2) is 9.59 Å². The smallest absolute Gasteiger partial charge is 0.337 e. The number of carbonyl (C=O) groups excluding carboxylic acids is 2. The SMILES string of the molecule is COC(=O)c1ccc2c(c1)[C@H]1C=C[C@@H]2N1CCC1CCC(NC(=O)N[C@@H](C)c2cccc3ccccc23)CC1. The minimum Gasteiger partial charge on any atom is -0.465 e. The lowest BCUT2D eigenvalue weighted by molar-refractivity contribution is 0.0600. The number of hydrogen-bond acceptors (Lipinski definition) is 4. The summed E-state index contributed by atoms with van der Waals surface area (Å²) in [5, 5.41) is 8.76. The summed E-state index contributed by atoms with van der Waals surface area (Å²) in [6.07, 6.45) is 10.0. The third kappa shape index (κ3) is 5.06. The molecule has 1 fully saturated rings. The molecule has 3 aromatic carbocycles. The Balaban J connectivity index is 0.972. The molecular formula is C33H37N3O3. The molecular weight excluding hydrogens is 486 g/mol. The van der Waals surface area contributed by atoms with Crippen molar-refractivity contribution >= 4 is 22.8 Å². The first-order chi connectivity index (χ1) is 19.0. The van der Waals surface area contributed by atoms with Crippen molar-refractivity contribution in [3.05, 3.63) is 95.1 Å². The third-order valence-corrected chi connectivity index (χ3v) is 8.95. The molecule has 0 spiro atoms. The Bertz CT molecular complexity index is 1400. The lowest BCUT2D eigenvalue weighted by Crippen LogP contribution is -2.44. The number of carbonyl (C=O) groups is 2. The van der Waals surface area contributed by atoms with E-state index < -0.39 is 0 Å². The number of esters is 1. The number of nitrogens with one attached hydrogen (secondary N) is 2. The van der Waals surface area contributed by atoms with Gasteiger partial charge in [0.2, 0.25) is 0 Å². The van der Waals surface area contributed by atoms with Gasteiger partial charge in [-0.15, -0.1) is 0 Å². The van der Waals surface area contributed by atoms with Crippen molar-refractivity contribution in [2.75, 3.05) is 13.7 Å². The molecule has 1 aliphatic carbocycles. The predicted octanol–water partition coefficient (Wildman–Crippen LogP) is 6.60. The van der Waals surface area contributed by atoms with Gasteiger partial charge in [-0.3, -0.25) is 4.90 Å². The van der Waals surface area contributed by atoms with E-state index in [1.165, 1.54) is 29.0 Å². The molecule has 2 aliphatic heterocycles. The summed E-state index contributed by atoms with van der Waals surface area (Å²) in [5.41, 5.74) is 4.31. The standard InChI is InChI=1S/C33H37N3O3/c1-21(26-9-5-7-23-6-3-4-8-27(23)26)34-33(38)35-25-13-10-22(11-14-25)18-19-36-30-16-17-31(36)29-20-24(32(37)39-2)12-15-28(29)30/h3-9,12,15-17,20-22,25,30-31H,10-11,13-14,18-19H2,1-2H3,(H2,34,35,38)/t21-,22?,25?,30-,31+/m0/s1. The minimum absolute atomic E-state index is 0.0651. The topological polar surface area (TPSA) is 70.7 Å². The molecule has 2 heterocycles. The number of urea groups is 1. The molecule has 0 radical (unpaired) electrons. The van der Waals surface area contributed by atoms with Gasteiger partial charge in [-0.2, -0.15) is 0 Å². The number of amides is 2. The van der Waals surface area contributed by atoms with Gasteiger partial charge in [0, 0.05) is 12.6 Å². The molecule has 1 saturated carbocycles. The van der Waals surface area contributed by atoms with Crippen LogP contribution in [0.25, 0.3) is 10.8 Å². The molecule has 2 bridgehead atoms. The number of nitrogens with zero attached hydrogens (tertiary/aromatic N) is 1. The zero-order valence-electron chi connectivity index (χ0n) is 22.7. The van der Waals surface area contributed by atoms with Gasteiger partial charge in [0.1, 0.15) is 0 Å². The van der Waals surface area contributed by atoms with Crippen molar-refractivity contribution in [2.24, 2.45) is 5.92 Å². The molecule has 6 nitrogen and oxygen atoms in total. The van der Waals surface area contributed by atoms with Gasteiger partial charge in [-0.05, 0) is 84.5 Å². The molecule has 0 aromatic heterocycles. The summed E-state index contributed by atoms with van der Waals surface area (Å²) in [7, 11) is 1.43. The number of benzene rings is 3. The zero-order valence-corrected chi connectivity index (χ0v) is 22.7. The van der Waals surface area contributed by atoms with Crippen LogP contribution in [0.1, 0.15) is 84.2 Å². The van der Waals surface area contributed by atoms with E-state index in [0.717, 1.165) is 44.2 Å². The highest BCUT2D eigenvalue weighted by atomic mass is 16.5. The first-order valence-corrected chi connectivity index (χ1v) is 14.2. The highest BCUT2D eigenvalue weighted by Gasteiger charge is 2.40. The zero-order chi connectivity index (χ0) is 26.9. The van der Waals surface area contributed by atoms with Crippen LogP contribution >= 0.6 is 0 Å². The van der Waals surface area contributed by atoms with Crippen molar-refractivity contribution in [1.29, 1.82) is 0 Å². The molecule has 2 amide bonds. The van der Waals surface area contributed by atoms with Crippen LogP contribution in [-0.2, 0) is 4.74 Å². The maximum absolute atomic E-state index is 12.8. The fraction of sp³-hybridized carbons (Fsp3) is 0.394. The van der Waals surface area contributed by atoms with Crippen molar-refractivity contribution in [1.82, 2.24) is 15.5 Å². The summed E-state index contributed by atoms with van der Waals surface area (Å²) in [5.74, 6) is 0.396. The maximum atomic E-state index is 12.8. The molecule has 202 valence electrons. The fourth-order valence-corrected chi connectivity index (χ4v) is 6.85. The number of fused-ring (bicyclic) bond motifs is 6. The second-order valence-corrected chi connectivity index (χ2v) is 11.3. The Hall–Kier alpha value is -3.64. The maximum Gasteiger partial charge on any atom is 0.337 e. The van der Waals surface area contributed by atoms with Crippen molar-refractivity contribution in [3.8, 4) is 0 Å². The average molecular weight is 524 g/mol. The highest BCUT2D eigenvalue weighted by molar-refractivity contribution is 5.90. The average Bonchev–Trinajstić information content (AvgIpc) is 3.51. The van der Waals surface area contributed by atoms with Crippen LogP contribution in [0.15, 0.2) is 72.8 Å². The Labute approximate surface area is 230 Å². The summed E-state index contributed by atoms with van der Waals surface area (Å²) in [6.45, 7) is 3.09. The number of hydrogen-bond donors (Lipinski definition) is 2. The Morgan fingerprint density at radius 3 is 2.49 bits per heavy atom. The van der Waals surface area contributed by atoms with Crippen LogP contribution in [0.5, 0.6) is 0 Å². The van der Waals surface area contributed by atoms with E-state index in [0.29, 0.717) is 17.5 Å². The molecule has 0 unspecified atom stereocenters. The molecule has 2 N–H and O–H groups in total. The van der Waals surface area contributed by atoms with E-state index in [2.05, 4.69) is 64.1 Å². The molecule has 39 heavy (non-hydrogen) atoms. The quantitative estimate of drug-likeness (QED) is 0.270. The Morgan fingerprint density at radius 1 is 0.949 bits per heavy atom. The van der Waals surface area contributed by atoms with Gasteiger partial charge >= 0.3 is 12.0 Å². The summed E-state index contributed by atoms with van der Waals surface area (Å²) in [6, 6.07) is 21.2. The van der Waals surface area contributed by atoms with Crippen molar-refractivity contribution < 1.29 is 14.3 Å². The van der Waals surface area contributed by atoms with Crippen LogP contribution in [0.3, 0.4) is 0 Å². The fourth-order valence-electron chi connectivity index (χ4n) is 6.85. The normalized spacial score (nSPS) is 24.4. The summed E-state index contributed by atoms with van der Waals surface area (Å²) in [4.78, 5) is 27.4. The van der Waals surface area contributed by atoms with Crippen LogP contribution in [0.4, 0.5) is 4.79 Å². The minimum atomic E-state index is -0.279. The highest BCUT2D eigenvalue weighted by Crippen LogP contribution is 2.49. The van der Waals surface area contributed by atoms with Gasteiger partial charge in [0.05, 0.1) is 30.8 Å². The Kier molecular flexibility index (Phi) is 7.13. The van der Waals surface area contributed by atoms with Gasteiger partial charge in [-0.1, -0.05) is 60.7 Å².